The number of carbonyl (C=O) groups excluding carboxylic acids is 1. The van der Waals surface area contributed by atoms with Gasteiger partial charge in [0, 0.05) is 31.1 Å². The van der Waals surface area contributed by atoms with E-state index in [1.807, 2.05) is 32.9 Å². The smallest absolute Gasteiger partial charge is 0.428 e. The predicted molar refractivity (Wildman–Crippen MR) is 180 cm³/mol. The van der Waals surface area contributed by atoms with Gasteiger partial charge in [0.25, 0.3) is 0 Å². The summed E-state index contributed by atoms with van der Waals surface area (Å²) in [5, 5.41) is 0. The molecule has 282 valence electrons. The number of fused-ring (bicyclic) bond motifs is 4. The van der Waals surface area contributed by atoms with Crippen LogP contribution < -0.4 is 4.74 Å². The van der Waals surface area contributed by atoms with Crippen LogP contribution in [0.25, 0.3) is 0 Å². The third kappa shape index (κ3) is 5.38. The lowest BCUT2D eigenvalue weighted by Gasteiger charge is -2.62. The van der Waals surface area contributed by atoms with Gasteiger partial charge < -0.3 is 28.4 Å². The molecular weight excluding hydrogens is 656 g/mol. The summed E-state index contributed by atoms with van der Waals surface area (Å²) in [6.45, 7) is 14.9. The van der Waals surface area contributed by atoms with E-state index >= 15 is 0 Å². The summed E-state index contributed by atoms with van der Waals surface area (Å²) >= 11 is 0. The first kappa shape index (κ1) is 34.9. The summed E-state index contributed by atoms with van der Waals surface area (Å²) < 4.78 is 39.6. The fourth-order valence-corrected chi connectivity index (χ4v) is 11.9. The maximum atomic E-state index is 13.7. The number of hydrogen-bond donors (Lipinski definition) is 0. The summed E-state index contributed by atoms with van der Waals surface area (Å²) in [5.74, 6) is 0.255. The van der Waals surface area contributed by atoms with Crippen LogP contribution >= 0.6 is 0 Å². The first-order valence-electron chi connectivity index (χ1n) is 19.7. The Morgan fingerprint density at radius 3 is 1.86 bits per heavy atom. The molecule has 1 aromatic carbocycles. The molecule has 10 aliphatic rings. The summed E-state index contributed by atoms with van der Waals surface area (Å²) in [7, 11) is 0. The highest BCUT2D eigenvalue weighted by Gasteiger charge is 2.72. The summed E-state index contributed by atoms with van der Waals surface area (Å²) in [6.07, 6.45) is 4.30. The molecule has 17 atom stereocenters. The summed E-state index contributed by atoms with van der Waals surface area (Å²) in [4.78, 5) is 38.7. The highest BCUT2D eigenvalue weighted by molar-refractivity contribution is 5.64. The Labute approximate surface area is 301 Å². The second-order valence-electron chi connectivity index (χ2n) is 17.9. The van der Waals surface area contributed by atoms with Crippen molar-refractivity contribution in [1.82, 2.24) is 0 Å². The molecule has 8 saturated heterocycles. The molecule has 2 aliphatic carbocycles. The Bertz CT molecular complexity index is 1490. The molecule has 0 radical (unpaired) electrons. The number of ether oxygens (including phenoxy) is 6. The lowest BCUT2D eigenvalue weighted by atomic mass is 9.56. The van der Waals surface area contributed by atoms with Crippen LogP contribution in [0, 0.1) is 54.3 Å². The van der Waals surface area contributed by atoms with Crippen molar-refractivity contribution in [2.75, 3.05) is 0 Å². The number of aryl methyl sites for hydroxylation is 1. The van der Waals surface area contributed by atoms with E-state index in [2.05, 4.69) is 27.7 Å². The van der Waals surface area contributed by atoms with Gasteiger partial charge in [0.1, 0.15) is 18.0 Å². The first-order chi connectivity index (χ1) is 24.3. The molecule has 4 bridgehead atoms. The molecule has 10 fully saturated rings. The van der Waals surface area contributed by atoms with Crippen molar-refractivity contribution in [3.8, 4) is 5.75 Å². The van der Waals surface area contributed by atoms with Gasteiger partial charge >= 0.3 is 6.16 Å². The molecule has 11 nitrogen and oxygen atoms in total. The standard InChI is InChI=1S/C40H56O11/c1-21-8-12-26(13-9-21)42-36(41)44-32(33-25(5)30-15-11-23(3)28-17-19-38(7)47-35(45-33)40(28,30)51-49-38)20-31-24(4)29-14-10-22(2)27-16-18-37(6)46-34(43-31)39(27,29)50-48-37/h8-9,12-13,22-25,27-35H,10-11,14-20H2,1-7H3/t22-,23-,24-,25-,27+,28+,29+,30+,31-,32+,33+,34-,35-,37?,38?,39-,40-/m1/s1. The molecule has 2 saturated carbocycles. The van der Waals surface area contributed by atoms with Gasteiger partial charge in [-0.2, -0.15) is 0 Å². The van der Waals surface area contributed by atoms with Crippen LogP contribution in [0.1, 0.15) is 105 Å². The van der Waals surface area contributed by atoms with Gasteiger partial charge in [-0.1, -0.05) is 45.4 Å². The number of rotatable bonds is 5. The van der Waals surface area contributed by atoms with Crippen molar-refractivity contribution in [1.29, 1.82) is 0 Å². The molecule has 1 aromatic rings. The highest BCUT2D eigenvalue weighted by Crippen LogP contribution is 2.63. The Morgan fingerprint density at radius 2 is 1.27 bits per heavy atom. The number of hydrogen-bond acceptors (Lipinski definition) is 11. The Balaban J connectivity index is 1.04. The molecule has 0 N–H and O–H groups in total. The minimum absolute atomic E-state index is 0.0472. The zero-order valence-corrected chi connectivity index (χ0v) is 31.2. The van der Waals surface area contributed by atoms with Crippen molar-refractivity contribution >= 4 is 6.16 Å². The topological polar surface area (TPSA) is 109 Å². The van der Waals surface area contributed by atoms with Crippen molar-refractivity contribution < 1.29 is 52.8 Å². The van der Waals surface area contributed by atoms with Crippen molar-refractivity contribution in [3.05, 3.63) is 29.8 Å². The minimum Gasteiger partial charge on any atom is -0.428 e. The first-order valence-corrected chi connectivity index (χ1v) is 19.7. The molecule has 8 aliphatic heterocycles. The molecule has 0 aromatic heterocycles. The van der Waals surface area contributed by atoms with E-state index in [9.17, 15) is 4.79 Å². The summed E-state index contributed by atoms with van der Waals surface area (Å²) in [5.41, 5.74) is -0.340. The average Bonchev–Trinajstić information content (AvgIpc) is 3.47. The molecule has 11 heteroatoms. The van der Waals surface area contributed by atoms with Crippen LogP contribution in [0.15, 0.2) is 24.3 Å². The van der Waals surface area contributed by atoms with Gasteiger partial charge in [-0.15, -0.1) is 0 Å². The zero-order chi connectivity index (χ0) is 35.5. The largest absolute Gasteiger partial charge is 0.514 e. The fourth-order valence-electron chi connectivity index (χ4n) is 11.9. The van der Waals surface area contributed by atoms with E-state index in [0.29, 0.717) is 24.0 Å². The van der Waals surface area contributed by atoms with E-state index in [-0.39, 0.29) is 41.6 Å². The molecule has 2 spiro atoms. The van der Waals surface area contributed by atoms with Gasteiger partial charge in [-0.05, 0) is 107 Å². The molecule has 8 heterocycles. The minimum atomic E-state index is -0.915. The lowest BCUT2D eigenvalue weighted by Crippen LogP contribution is -2.72. The lowest BCUT2D eigenvalue weighted by molar-refractivity contribution is -0.573. The third-order valence-corrected chi connectivity index (χ3v) is 14.8. The van der Waals surface area contributed by atoms with Crippen LogP contribution in [0.2, 0.25) is 0 Å². The highest BCUT2D eigenvalue weighted by atomic mass is 17.3. The van der Waals surface area contributed by atoms with Gasteiger partial charge in [-0.3, -0.25) is 0 Å². The van der Waals surface area contributed by atoms with Crippen LogP contribution in [0.5, 0.6) is 5.75 Å². The van der Waals surface area contributed by atoms with Gasteiger partial charge in [0.2, 0.25) is 11.6 Å². The van der Waals surface area contributed by atoms with Crippen molar-refractivity contribution in [2.45, 2.75) is 160 Å². The molecule has 0 amide bonds. The molecule has 2 unspecified atom stereocenters. The second kappa shape index (κ2) is 12.3. The predicted octanol–water partition coefficient (Wildman–Crippen LogP) is 7.77. The Kier molecular flexibility index (Phi) is 8.45. The Morgan fingerprint density at radius 1 is 0.725 bits per heavy atom. The van der Waals surface area contributed by atoms with E-state index in [4.69, 9.17) is 48.0 Å². The van der Waals surface area contributed by atoms with E-state index in [0.717, 1.165) is 56.9 Å². The van der Waals surface area contributed by atoms with Crippen LogP contribution in [0.3, 0.4) is 0 Å². The van der Waals surface area contributed by atoms with E-state index in [1.165, 1.54) is 0 Å². The second-order valence-corrected chi connectivity index (χ2v) is 17.9. The SMILES string of the molecule is Cc1ccc(OC(=O)O[C@@H](C[C@H]2O[C@@H]3OC4(C)CC[C@H]5[C@H](C)CC[C@@H]([C@H]2C)[C@@]35OO4)[C@H]2O[C@@H]3OC4(C)CC[C@H]5[C@H](C)CC[C@@H]([C@H]2C)[C@@]35OO4)cc1. The average molecular weight is 713 g/mol. The van der Waals surface area contributed by atoms with Gasteiger partial charge in [0.15, 0.2) is 23.8 Å². The fraction of sp³-hybridized carbons (Fsp3) is 0.825. The van der Waals surface area contributed by atoms with Crippen molar-refractivity contribution in [3.63, 3.8) is 0 Å². The monoisotopic (exact) mass is 712 g/mol. The third-order valence-electron chi connectivity index (χ3n) is 14.8. The van der Waals surface area contributed by atoms with E-state index in [1.54, 1.807) is 12.1 Å². The zero-order valence-electron chi connectivity index (χ0n) is 31.2. The Hall–Kier alpha value is -1.83. The van der Waals surface area contributed by atoms with E-state index < -0.39 is 53.7 Å². The number of benzene rings is 1. The normalized spacial score (nSPS) is 51.7. The maximum Gasteiger partial charge on any atom is 0.514 e. The molecular formula is C40H56O11. The molecule has 51 heavy (non-hydrogen) atoms. The maximum absolute atomic E-state index is 13.7. The van der Waals surface area contributed by atoms with Crippen LogP contribution in [-0.2, 0) is 43.2 Å². The van der Waals surface area contributed by atoms with Crippen LogP contribution in [0.4, 0.5) is 4.79 Å². The number of carbonyl (C=O) groups is 1. The summed E-state index contributed by atoms with van der Waals surface area (Å²) in [6, 6.07) is 7.37. The van der Waals surface area contributed by atoms with Crippen molar-refractivity contribution in [2.24, 2.45) is 47.3 Å². The quantitative estimate of drug-likeness (QED) is 0.170. The van der Waals surface area contributed by atoms with Crippen LogP contribution in [-0.4, -0.2) is 59.8 Å². The van der Waals surface area contributed by atoms with Gasteiger partial charge in [-0.25, -0.2) is 24.3 Å². The molecule has 11 rings (SSSR count). The van der Waals surface area contributed by atoms with Gasteiger partial charge in [0.05, 0.1) is 6.10 Å².